The number of carbonyl (C=O) groups excluding carboxylic acids is 2. The van der Waals surface area contributed by atoms with Gasteiger partial charge < -0.3 is 10.6 Å². The largest absolute Gasteiger partial charge is 0.355 e. The third kappa shape index (κ3) is 4.29. The van der Waals surface area contributed by atoms with Crippen LogP contribution in [0.25, 0.3) is 0 Å². The van der Waals surface area contributed by atoms with Gasteiger partial charge in [-0.1, -0.05) is 26.0 Å². The highest BCUT2D eigenvalue weighted by atomic mass is 16.2. The Hall–Kier alpha value is -1.88. The lowest BCUT2D eigenvalue weighted by molar-refractivity contribution is -0.123. The van der Waals surface area contributed by atoms with Crippen LogP contribution < -0.4 is 10.6 Å². The van der Waals surface area contributed by atoms with Gasteiger partial charge in [-0.05, 0) is 30.8 Å². The summed E-state index contributed by atoms with van der Waals surface area (Å²) in [5.41, 5.74) is 1.97. The normalized spacial score (nSPS) is 17.9. The Labute approximate surface area is 125 Å². The third-order valence-corrected chi connectivity index (χ3v) is 3.84. The van der Waals surface area contributed by atoms with Crippen LogP contribution in [0, 0.1) is 5.92 Å². The molecule has 1 aliphatic heterocycles. The molecule has 1 aromatic carbocycles. The molecule has 1 aromatic rings. The van der Waals surface area contributed by atoms with Gasteiger partial charge in [0.25, 0.3) is 0 Å². The van der Waals surface area contributed by atoms with E-state index in [1.807, 2.05) is 18.2 Å². The second-order valence-corrected chi connectivity index (χ2v) is 5.36. The van der Waals surface area contributed by atoms with Crippen molar-refractivity contribution in [2.75, 3.05) is 25.0 Å². The molecule has 0 saturated carbocycles. The van der Waals surface area contributed by atoms with Gasteiger partial charge in [0, 0.05) is 25.2 Å². The average molecular weight is 289 g/mol. The van der Waals surface area contributed by atoms with Crippen molar-refractivity contribution in [1.29, 1.82) is 0 Å². The minimum absolute atomic E-state index is 0.0505. The van der Waals surface area contributed by atoms with Gasteiger partial charge >= 0.3 is 0 Å². The number of amides is 2. The molecule has 114 valence electrons. The number of carbonyl (C=O) groups is 2. The zero-order valence-corrected chi connectivity index (χ0v) is 12.7. The predicted octanol–water partition coefficient (Wildman–Crippen LogP) is 1.60. The van der Waals surface area contributed by atoms with Crippen molar-refractivity contribution in [3.63, 3.8) is 0 Å². The summed E-state index contributed by atoms with van der Waals surface area (Å²) in [6, 6.07) is 7.90. The molecule has 1 saturated heterocycles. The summed E-state index contributed by atoms with van der Waals surface area (Å²) >= 11 is 0. The Morgan fingerprint density at radius 1 is 1.38 bits per heavy atom. The van der Waals surface area contributed by atoms with E-state index in [2.05, 4.69) is 35.4 Å². The zero-order valence-electron chi connectivity index (χ0n) is 12.7. The van der Waals surface area contributed by atoms with Crippen molar-refractivity contribution >= 4 is 17.5 Å². The highest BCUT2D eigenvalue weighted by Crippen LogP contribution is 2.16. The fourth-order valence-electron chi connectivity index (χ4n) is 2.49. The van der Waals surface area contributed by atoms with Crippen molar-refractivity contribution < 1.29 is 9.59 Å². The fraction of sp³-hybridized carbons (Fsp3) is 0.500. The van der Waals surface area contributed by atoms with Gasteiger partial charge in [-0.3, -0.25) is 14.5 Å². The van der Waals surface area contributed by atoms with Crippen LogP contribution >= 0.6 is 0 Å². The van der Waals surface area contributed by atoms with Gasteiger partial charge in [-0.15, -0.1) is 0 Å². The second-order valence-electron chi connectivity index (χ2n) is 5.36. The van der Waals surface area contributed by atoms with Crippen molar-refractivity contribution in [2.45, 2.75) is 26.8 Å². The highest BCUT2D eigenvalue weighted by Gasteiger charge is 2.27. The SMILES string of the molecule is CCN(CC)Cc1cccc(NC(=O)C2CNC(=O)C2)c1. The lowest BCUT2D eigenvalue weighted by atomic mass is 10.1. The van der Waals surface area contributed by atoms with Crippen LogP contribution in [-0.2, 0) is 16.1 Å². The summed E-state index contributed by atoms with van der Waals surface area (Å²) in [6.07, 6.45) is 0.283. The van der Waals surface area contributed by atoms with E-state index in [4.69, 9.17) is 0 Å². The zero-order chi connectivity index (χ0) is 15.2. The summed E-state index contributed by atoms with van der Waals surface area (Å²) in [5.74, 6) is -0.400. The molecule has 1 fully saturated rings. The first kappa shape index (κ1) is 15.5. The van der Waals surface area contributed by atoms with Gasteiger partial charge in [0.15, 0.2) is 0 Å². The number of rotatable bonds is 6. The quantitative estimate of drug-likeness (QED) is 0.836. The maximum atomic E-state index is 12.1. The summed E-state index contributed by atoms with van der Waals surface area (Å²) in [6.45, 7) is 7.59. The standard InChI is InChI=1S/C16H23N3O2/c1-3-19(4-2)11-12-6-5-7-14(8-12)18-16(21)13-9-15(20)17-10-13/h5-8,13H,3-4,9-11H2,1-2H3,(H,17,20)(H,18,21). The van der Waals surface area contributed by atoms with Crippen LogP contribution in [0.1, 0.15) is 25.8 Å². The first-order valence-corrected chi connectivity index (χ1v) is 7.51. The molecule has 1 unspecified atom stereocenters. The molecule has 5 heteroatoms. The van der Waals surface area contributed by atoms with Gasteiger partial charge in [-0.25, -0.2) is 0 Å². The molecule has 2 rings (SSSR count). The van der Waals surface area contributed by atoms with Gasteiger partial charge in [0.05, 0.1) is 5.92 Å². The van der Waals surface area contributed by atoms with Crippen molar-refractivity contribution in [2.24, 2.45) is 5.92 Å². The number of hydrogen-bond acceptors (Lipinski definition) is 3. The lowest BCUT2D eigenvalue weighted by Gasteiger charge is -2.18. The smallest absolute Gasteiger partial charge is 0.229 e. The molecule has 0 radical (unpaired) electrons. The number of nitrogens with one attached hydrogen (secondary N) is 2. The Balaban J connectivity index is 1.97. The minimum atomic E-state index is -0.260. The molecule has 1 atom stereocenters. The van der Waals surface area contributed by atoms with Gasteiger partial charge in [0.2, 0.25) is 11.8 Å². The van der Waals surface area contributed by atoms with Crippen molar-refractivity contribution in [3.8, 4) is 0 Å². The summed E-state index contributed by atoms with van der Waals surface area (Å²) in [7, 11) is 0. The van der Waals surface area contributed by atoms with Crippen LogP contribution in [0.5, 0.6) is 0 Å². The second kappa shape index (κ2) is 7.22. The third-order valence-electron chi connectivity index (χ3n) is 3.84. The first-order valence-electron chi connectivity index (χ1n) is 7.51. The van der Waals surface area contributed by atoms with Crippen molar-refractivity contribution in [1.82, 2.24) is 10.2 Å². The molecule has 0 spiro atoms. The van der Waals surface area contributed by atoms with E-state index < -0.39 is 0 Å². The first-order chi connectivity index (χ1) is 10.1. The lowest BCUT2D eigenvalue weighted by Crippen LogP contribution is -2.25. The van der Waals surface area contributed by atoms with Crippen LogP contribution in [0.3, 0.4) is 0 Å². The molecule has 21 heavy (non-hydrogen) atoms. The Kier molecular flexibility index (Phi) is 5.33. The van der Waals surface area contributed by atoms with Gasteiger partial charge in [0.1, 0.15) is 0 Å². The van der Waals surface area contributed by atoms with E-state index in [-0.39, 0.29) is 24.2 Å². The number of anilines is 1. The molecule has 5 nitrogen and oxygen atoms in total. The maximum Gasteiger partial charge on any atom is 0.229 e. The molecule has 0 bridgehead atoms. The van der Waals surface area contributed by atoms with E-state index in [1.165, 1.54) is 5.56 Å². The number of benzene rings is 1. The van der Waals surface area contributed by atoms with Gasteiger partial charge in [-0.2, -0.15) is 0 Å². The average Bonchev–Trinajstić information content (AvgIpc) is 2.92. The number of hydrogen-bond donors (Lipinski definition) is 2. The number of nitrogens with zero attached hydrogens (tertiary/aromatic N) is 1. The fourth-order valence-corrected chi connectivity index (χ4v) is 2.49. The minimum Gasteiger partial charge on any atom is -0.355 e. The molecular weight excluding hydrogens is 266 g/mol. The van der Waals surface area contributed by atoms with E-state index in [1.54, 1.807) is 0 Å². The Morgan fingerprint density at radius 2 is 2.14 bits per heavy atom. The summed E-state index contributed by atoms with van der Waals surface area (Å²) in [4.78, 5) is 25.6. The molecule has 2 amide bonds. The predicted molar refractivity (Wildman–Crippen MR) is 82.8 cm³/mol. The Bertz CT molecular complexity index is 512. The summed E-state index contributed by atoms with van der Waals surface area (Å²) in [5, 5.41) is 5.59. The molecule has 1 heterocycles. The molecule has 0 aromatic heterocycles. The van der Waals surface area contributed by atoms with Crippen LogP contribution in [0.2, 0.25) is 0 Å². The topological polar surface area (TPSA) is 61.4 Å². The molecular formula is C16H23N3O2. The van der Waals surface area contributed by atoms with E-state index in [9.17, 15) is 9.59 Å². The van der Waals surface area contributed by atoms with Crippen LogP contribution in [-0.4, -0.2) is 36.3 Å². The highest BCUT2D eigenvalue weighted by molar-refractivity contribution is 5.97. The van der Waals surface area contributed by atoms with Crippen molar-refractivity contribution in [3.05, 3.63) is 29.8 Å². The monoisotopic (exact) mass is 289 g/mol. The maximum absolute atomic E-state index is 12.1. The Morgan fingerprint density at radius 3 is 2.76 bits per heavy atom. The van der Waals surface area contributed by atoms with E-state index in [0.29, 0.717) is 6.54 Å². The van der Waals surface area contributed by atoms with Crippen LogP contribution in [0.15, 0.2) is 24.3 Å². The molecule has 2 N–H and O–H groups in total. The molecule has 1 aliphatic rings. The summed E-state index contributed by atoms with van der Waals surface area (Å²) < 4.78 is 0. The van der Waals surface area contributed by atoms with E-state index in [0.717, 1.165) is 25.3 Å². The van der Waals surface area contributed by atoms with Crippen LogP contribution in [0.4, 0.5) is 5.69 Å². The van der Waals surface area contributed by atoms with E-state index >= 15 is 0 Å². The molecule has 0 aliphatic carbocycles.